The van der Waals surface area contributed by atoms with Gasteiger partial charge in [0.25, 0.3) is 0 Å². The average Bonchev–Trinajstić information content (AvgIpc) is 3.54. The summed E-state index contributed by atoms with van der Waals surface area (Å²) in [6, 6.07) is 12.4. The van der Waals surface area contributed by atoms with Gasteiger partial charge in [0.15, 0.2) is 11.6 Å². The summed E-state index contributed by atoms with van der Waals surface area (Å²) in [6.07, 6.45) is 4.18. The summed E-state index contributed by atoms with van der Waals surface area (Å²) in [6.45, 7) is 7.94. The van der Waals surface area contributed by atoms with E-state index in [1.807, 2.05) is 37.0 Å². The van der Waals surface area contributed by atoms with Gasteiger partial charge < -0.3 is 9.64 Å². The average molecular weight is 504 g/mol. The van der Waals surface area contributed by atoms with E-state index in [1.165, 1.54) is 21.6 Å². The van der Waals surface area contributed by atoms with Crippen LogP contribution in [0.15, 0.2) is 54.2 Å². The molecule has 0 fully saturated rings. The largest absolute Gasteiger partial charge is 0.492 e. The smallest absolute Gasteiger partial charge is 0.173 e. The van der Waals surface area contributed by atoms with Crippen molar-refractivity contribution >= 4 is 38.7 Å². The maximum Gasteiger partial charge on any atom is 0.173 e. The molecule has 180 valence electrons. The monoisotopic (exact) mass is 503 g/mol. The molecule has 0 aliphatic heterocycles. The Bertz CT molecular complexity index is 1430. The van der Waals surface area contributed by atoms with E-state index in [1.54, 1.807) is 22.7 Å². The summed E-state index contributed by atoms with van der Waals surface area (Å²) < 4.78 is 7.87. The molecule has 0 radical (unpaired) electrons. The number of anilines is 1. The second-order valence-corrected chi connectivity index (χ2v) is 10.9. The number of hydrogen-bond acceptors (Lipinski definition) is 7. The first-order valence-corrected chi connectivity index (χ1v) is 13.2. The molecular weight excluding hydrogens is 474 g/mol. The van der Waals surface area contributed by atoms with E-state index in [-0.39, 0.29) is 0 Å². The molecule has 0 aliphatic rings. The summed E-state index contributed by atoms with van der Waals surface area (Å²) in [5.41, 5.74) is 8.30. The van der Waals surface area contributed by atoms with Crippen LogP contribution < -0.4 is 10.2 Å². The number of aryl methyl sites for hydroxylation is 3. The highest BCUT2D eigenvalue weighted by atomic mass is 32.1. The van der Waals surface area contributed by atoms with Crippen molar-refractivity contribution in [3.8, 4) is 26.9 Å². The highest BCUT2D eigenvalue weighted by Gasteiger charge is 2.19. The van der Waals surface area contributed by atoms with E-state index in [9.17, 15) is 0 Å². The lowest BCUT2D eigenvalue weighted by Crippen LogP contribution is -2.19. The van der Waals surface area contributed by atoms with Gasteiger partial charge in [0.1, 0.15) is 17.2 Å². The SMILES string of the molecule is Cc1cn(Nc2nc(-c3cccs3)nc3sc(-c4ccc(OCCN(C)C)cc4)c(C)c23)cc1C. The Hall–Kier alpha value is -3.20. The van der Waals surface area contributed by atoms with Gasteiger partial charge in [0.05, 0.1) is 10.3 Å². The van der Waals surface area contributed by atoms with Crippen molar-refractivity contribution in [1.29, 1.82) is 0 Å². The maximum atomic E-state index is 5.88. The molecule has 0 aliphatic carbocycles. The van der Waals surface area contributed by atoms with Crippen molar-refractivity contribution in [2.45, 2.75) is 20.8 Å². The van der Waals surface area contributed by atoms with Crippen LogP contribution in [-0.4, -0.2) is 46.8 Å². The Morgan fingerprint density at radius 3 is 2.40 bits per heavy atom. The lowest BCUT2D eigenvalue weighted by molar-refractivity contribution is 0.261. The van der Waals surface area contributed by atoms with Gasteiger partial charge in [0, 0.05) is 23.8 Å². The van der Waals surface area contributed by atoms with Crippen LogP contribution in [-0.2, 0) is 0 Å². The Labute approximate surface area is 213 Å². The Morgan fingerprint density at radius 1 is 1.00 bits per heavy atom. The number of hydrogen-bond donors (Lipinski definition) is 1. The van der Waals surface area contributed by atoms with Gasteiger partial charge in [-0.2, -0.15) is 0 Å². The fraction of sp³-hybridized carbons (Fsp3) is 0.259. The Morgan fingerprint density at radius 2 is 1.74 bits per heavy atom. The summed E-state index contributed by atoms with van der Waals surface area (Å²) in [5.74, 6) is 2.44. The van der Waals surface area contributed by atoms with Gasteiger partial charge in [-0.1, -0.05) is 6.07 Å². The van der Waals surface area contributed by atoms with E-state index < -0.39 is 0 Å². The quantitative estimate of drug-likeness (QED) is 0.258. The van der Waals surface area contributed by atoms with Crippen LogP contribution in [0, 0.1) is 20.8 Å². The van der Waals surface area contributed by atoms with Crippen molar-refractivity contribution in [1.82, 2.24) is 19.5 Å². The third kappa shape index (κ3) is 4.96. The van der Waals surface area contributed by atoms with Crippen LogP contribution in [0.3, 0.4) is 0 Å². The molecule has 0 amide bonds. The third-order valence-electron chi connectivity index (χ3n) is 5.98. The molecule has 5 aromatic rings. The van der Waals surface area contributed by atoms with Gasteiger partial charge in [-0.15, -0.1) is 22.7 Å². The van der Waals surface area contributed by atoms with Gasteiger partial charge in [-0.25, -0.2) is 9.97 Å². The lowest BCUT2D eigenvalue weighted by Gasteiger charge is -2.11. The summed E-state index contributed by atoms with van der Waals surface area (Å²) >= 11 is 3.36. The van der Waals surface area contributed by atoms with Gasteiger partial charge >= 0.3 is 0 Å². The molecule has 0 spiro atoms. The van der Waals surface area contributed by atoms with Crippen LogP contribution in [0.2, 0.25) is 0 Å². The second-order valence-electron chi connectivity index (χ2n) is 8.93. The normalized spacial score (nSPS) is 11.5. The number of aromatic nitrogens is 3. The van der Waals surface area contributed by atoms with E-state index in [2.05, 4.69) is 67.1 Å². The molecule has 6 nitrogen and oxygen atoms in total. The first kappa shape index (κ1) is 23.5. The van der Waals surface area contributed by atoms with E-state index in [4.69, 9.17) is 14.7 Å². The molecule has 5 rings (SSSR count). The molecule has 8 heteroatoms. The highest BCUT2D eigenvalue weighted by Crippen LogP contribution is 2.41. The number of benzene rings is 1. The van der Waals surface area contributed by atoms with Crippen molar-refractivity contribution in [3.05, 3.63) is 70.9 Å². The predicted molar refractivity (Wildman–Crippen MR) is 148 cm³/mol. The molecule has 35 heavy (non-hydrogen) atoms. The predicted octanol–water partition coefficient (Wildman–Crippen LogP) is 6.63. The van der Waals surface area contributed by atoms with Crippen molar-refractivity contribution in [3.63, 3.8) is 0 Å². The fourth-order valence-corrected chi connectivity index (χ4v) is 5.75. The van der Waals surface area contributed by atoms with Gasteiger partial charge in [-0.3, -0.25) is 10.1 Å². The second kappa shape index (κ2) is 9.81. The molecule has 0 saturated carbocycles. The number of likely N-dealkylation sites (N-methyl/N-ethyl adjacent to an activating group) is 1. The lowest BCUT2D eigenvalue weighted by atomic mass is 10.1. The standard InChI is InChI=1S/C27H29N5OS2/c1-17-15-32(16-18(17)2)30-26-23-19(3)24(20-8-10-21(11-9-20)33-13-12-31(4)5)35-27(23)29-25(28-26)22-7-6-14-34-22/h6-11,14-16H,12-13H2,1-5H3,(H,28,29,30). The third-order valence-corrected chi connectivity index (χ3v) is 8.08. The van der Waals surface area contributed by atoms with E-state index in [0.717, 1.165) is 44.6 Å². The summed E-state index contributed by atoms with van der Waals surface area (Å²) in [7, 11) is 4.09. The minimum atomic E-state index is 0.669. The molecule has 4 heterocycles. The number of rotatable bonds is 8. The summed E-state index contributed by atoms with van der Waals surface area (Å²) in [5, 5.41) is 3.11. The molecule has 0 saturated heterocycles. The zero-order valence-corrected chi connectivity index (χ0v) is 22.3. The molecule has 0 atom stereocenters. The number of nitrogens with zero attached hydrogens (tertiary/aromatic N) is 4. The van der Waals surface area contributed by atoms with Crippen molar-refractivity contribution in [2.24, 2.45) is 0 Å². The van der Waals surface area contributed by atoms with E-state index in [0.29, 0.717) is 6.61 Å². The zero-order chi connectivity index (χ0) is 24.5. The van der Waals surface area contributed by atoms with Crippen LogP contribution in [0.5, 0.6) is 5.75 Å². The highest BCUT2D eigenvalue weighted by molar-refractivity contribution is 7.22. The van der Waals surface area contributed by atoms with Gasteiger partial charge in [-0.05, 0) is 92.8 Å². The first-order valence-electron chi connectivity index (χ1n) is 11.5. The Kier molecular flexibility index (Phi) is 6.60. The molecular formula is C27H29N5OS2. The molecule has 0 unspecified atom stereocenters. The van der Waals surface area contributed by atoms with Crippen LogP contribution >= 0.6 is 22.7 Å². The minimum absolute atomic E-state index is 0.669. The van der Waals surface area contributed by atoms with Crippen LogP contribution in [0.25, 0.3) is 31.4 Å². The number of nitrogens with one attached hydrogen (secondary N) is 1. The van der Waals surface area contributed by atoms with E-state index >= 15 is 0 Å². The molecule has 1 aromatic carbocycles. The first-order chi connectivity index (χ1) is 16.9. The maximum absolute atomic E-state index is 5.88. The topological polar surface area (TPSA) is 55.2 Å². The number of fused-ring (bicyclic) bond motifs is 1. The van der Waals surface area contributed by atoms with Crippen LogP contribution in [0.1, 0.15) is 16.7 Å². The van der Waals surface area contributed by atoms with Crippen LogP contribution in [0.4, 0.5) is 5.82 Å². The summed E-state index contributed by atoms with van der Waals surface area (Å²) in [4.78, 5) is 15.3. The number of ether oxygens (including phenoxy) is 1. The Balaban J connectivity index is 1.54. The van der Waals surface area contributed by atoms with Crippen molar-refractivity contribution < 1.29 is 4.74 Å². The molecule has 4 aromatic heterocycles. The molecule has 0 bridgehead atoms. The fourth-order valence-electron chi connectivity index (χ4n) is 3.90. The number of thiophene rings is 2. The van der Waals surface area contributed by atoms with Gasteiger partial charge in [0.2, 0.25) is 0 Å². The zero-order valence-electron chi connectivity index (χ0n) is 20.6. The van der Waals surface area contributed by atoms with Crippen molar-refractivity contribution in [2.75, 3.05) is 32.7 Å². The minimum Gasteiger partial charge on any atom is -0.492 e. The molecule has 1 N–H and O–H groups in total.